The van der Waals surface area contributed by atoms with Crippen molar-refractivity contribution in [2.45, 2.75) is 43.1 Å². The van der Waals surface area contributed by atoms with Gasteiger partial charge < -0.3 is 10.6 Å². The number of rotatable bonds is 7. The SMILES string of the molecule is CN(Cc1ccccc1)CC1(c2ccccc2)CCC(CN)(c2ccccc2)CC1. The molecule has 3 aromatic rings. The van der Waals surface area contributed by atoms with Gasteiger partial charge in [0.2, 0.25) is 0 Å². The van der Waals surface area contributed by atoms with E-state index in [0.717, 1.165) is 32.5 Å². The lowest BCUT2D eigenvalue weighted by Crippen LogP contribution is -2.48. The topological polar surface area (TPSA) is 29.3 Å². The number of benzene rings is 3. The number of nitrogens with zero attached hydrogens (tertiary/aromatic N) is 1. The third-order valence-electron chi connectivity index (χ3n) is 7.20. The molecule has 3 aromatic carbocycles. The highest BCUT2D eigenvalue weighted by Gasteiger charge is 2.44. The van der Waals surface area contributed by atoms with E-state index in [9.17, 15) is 0 Å². The number of hydrogen-bond donors (Lipinski definition) is 1. The van der Waals surface area contributed by atoms with Gasteiger partial charge in [0.1, 0.15) is 0 Å². The van der Waals surface area contributed by atoms with Gasteiger partial charge in [-0.2, -0.15) is 0 Å². The molecule has 0 amide bonds. The number of hydrogen-bond acceptors (Lipinski definition) is 2. The Bertz CT molecular complexity index is 897. The Balaban J connectivity index is 1.57. The summed E-state index contributed by atoms with van der Waals surface area (Å²) in [6.07, 6.45) is 4.62. The molecule has 1 aliphatic rings. The molecule has 30 heavy (non-hydrogen) atoms. The van der Waals surface area contributed by atoms with Gasteiger partial charge in [-0.1, -0.05) is 91.0 Å². The van der Waals surface area contributed by atoms with E-state index in [4.69, 9.17) is 5.73 Å². The summed E-state index contributed by atoms with van der Waals surface area (Å²) >= 11 is 0. The molecular formula is C28H34N2. The zero-order chi connectivity index (χ0) is 20.9. The average molecular weight is 399 g/mol. The molecule has 0 heterocycles. The molecule has 1 aliphatic carbocycles. The van der Waals surface area contributed by atoms with Gasteiger partial charge in [-0.25, -0.2) is 0 Å². The van der Waals surface area contributed by atoms with E-state index in [-0.39, 0.29) is 10.8 Å². The zero-order valence-corrected chi connectivity index (χ0v) is 18.1. The summed E-state index contributed by atoms with van der Waals surface area (Å²) in [6, 6.07) is 32.9. The van der Waals surface area contributed by atoms with Gasteiger partial charge in [-0.15, -0.1) is 0 Å². The third-order valence-corrected chi connectivity index (χ3v) is 7.20. The fraction of sp³-hybridized carbons (Fsp3) is 0.357. The molecule has 0 aromatic heterocycles. The lowest BCUT2D eigenvalue weighted by Gasteiger charge is -2.48. The minimum absolute atomic E-state index is 0.109. The van der Waals surface area contributed by atoms with Gasteiger partial charge in [0, 0.05) is 30.5 Å². The fourth-order valence-electron chi connectivity index (χ4n) is 5.41. The fourth-order valence-corrected chi connectivity index (χ4v) is 5.41. The quantitative estimate of drug-likeness (QED) is 0.567. The average Bonchev–Trinajstić information content (AvgIpc) is 2.81. The lowest BCUT2D eigenvalue weighted by molar-refractivity contribution is 0.146. The molecular weight excluding hydrogens is 364 g/mol. The maximum Gasteiger partial charge on any atom is 0.0231 e. The van der Waals surface area contributed by atoms with Crippen LogP contribution in [0.15, 0.2) is 91.0 Å². The predicted molar refractivity (Wildman–Crippen MR) is 127 cm³/mol. The highest BCUT2D eigenvalue weighted by atomic mass is 15.1. The van der Waals surface area contributed by atoms with Crippen molar-refractivity contribution in [3.05, 3.63) is 108 Å². The Hall–Kier alpha value is -2.42. The van der Waals surface area contributed by atoms with Crippen LogP contribution in [0.4, 0.5) is 0 Å². The standard InChI is InChI=1S/C28H34N2/c1-30(21-24-11-5-2-6-12-24)23-28(26-15-9-4-10-16-26)19-17-27(22-29,18-20-28)25-13-7-3-8-14-25/h2-16H,17-23,29H2,1H3. The molecule has 0 spiro atoms. The molecule has 4 rings (SSSR count). The highest BCUT2D eigenvalue weighted by molar-refractivity contribution is 5.32. The van der Waals surface area contributed by atoms with Crippen LogP contribution < -0.4 is 5.73 Å². The molecule has 0 atom stereocenters. The second-order valence-corrected chi connectivity index (χ2v) is 9.15. The van der Waals surface area contributed by atoms with Gasteiger partial charge >= 0.3 is 0 Å². The van der Waals surface area contributed by atoms with Crippen molar-refractivity contribution in [1.82, 2.24) is 4.90 Å². The Kier molecular flexibility index (Phi) is 6.36. The summed E-state index contributed by atoms with van der Waals surface area (Å²) < 4.78 is 0. The van der Waals surface area contributed by atoms with Crippen LogP contribution in [0.2, 0.25) is 0 Å². The largest absolute Gasteiger partial charge is 0.330 e. The normalized spacial score (nSPS) is 24.1. The van der Waals surface area contributed by atoms with Crippen molar-refractivity contribution >= 4 is 0 Å². The minimum atomic E-state index is 0.109. The van der Waals surface area contributed by atoms with E-state index in [1.807, 2.05) is 0 Å². The van der Waals surface area contributed by atoms with Crippen LogP contribution in [0.3, 0.4) is 0 Å². The monoisotopic (exact) mass is 398 g/mol. The van der Waals surface area contributed by atoms with Gasteiger partial charge in [-0.3, -0.25) is 0 Å². The molecule has 2 heteroatoms. The maximum absolute atomic E-state index is 6.39. The van der Waals surface area contributed by atoms with Crippen molar-refractivity contribution in [1.29, 1.82) is 0 Å². The summed E-state index contributed by atoms with van der Waals surface area (Å²) in [5.74, 6) is 0. The first kappa shape index (κ1) is 20.8. The first-order chi connectivity index (χ1) is 14.7. The van der Waals surface area contributed by atoms with Gasteiger partial charge in [0.15, 0.2) is 0 Å². The molecule has 0 bridgehead atoms. The van der Waals surface area contributed by atoms with Crippen LogP contribution in [-0.2, 0) is 17.4 Å². The molecule has 0 unspecified atom stereocenters. The smallest absolute Gasteiger partial charge is 0.0231 e. The van der Waals surface area contributed by atoms with Crippen LogP contribution in [0.25, 0.3) is 0 Å². The van der Waals surface area contributed by atoms with Crippen LogP contribution in [-0.4, -0.2) is 25.0 Å². The summed E-state index contributed by atoms with van der Waals surface area (Å²) in [5.41, 5.74) is 10.9. The predicted octanol–water partition coefficient (Wildman–Crippen LogP) is 5.53. The summed E-state index contributed by atoms with van der Waals surface area (Å²) in [7, 11) is 2.26. The van der Waals surface area contributed by atoms with Crippen LogP contribution in [0.1, 0.15) is 42.4 Å². The Morgan fingerprint density at radius 1 is 0.667 bits per heavy atom. The Morgan fingerprint density at radius 3 is 1.60 bits per heavy atom. The molecule has 2 N–H and O–H groups in total. The van der Waals surface area contributed by atoms with Crippen LogP contribution in [0, 0.1) is 0 Å². The second-order valence-electron chi connectivity index (χ2n) is 9.15. The van der Waals surface area contributed by atoms with E-state index in [2.05, 4.69) is 103 Å². The summed E-state index contributed by atoms with van der Waals surface area (Å²) in [6.45, 7) is 2.78. The Morgan fingerprint density at radius 2 is 1.10 bits per heavy atom. The maximum atomic E-state index is 6.39. The number of nitrogens with two attached hydrogens (primary N) is 1. The molecule has 0 radical (unpaired) electrons. The lowest BCUT2D eigenvalue weighted by atomic mass is 9.59. The Labute approximate surface area is 181 Å². The molecule has 156 valence electrons. The van der Waals surface area contributed by atoms with E-state index < -0.39 is 0 Å². The zero-order valence-electron chi connectivity index (χ0n) is 18.1. The van der Waals surface area contributed by atoms with Gasteiger partial charge in [0.05, 0.1) is 0 Å². The summed E-state index contributed by atoms with van der Waals surface area (Å²) in [4.78, 5) is 2.50. The third kappa shape index (κ3) is 4.35. The van der Waals surface area contributed by atoms with Crippen LogP contribution >= 0.6 is 0 Å². The van der Waals surface area contributed by atoms with Gasteiger partial charge in [0.25, 0.3) is 0 Å². The van der Waals surface area contributed by atoms with Crippen molar-refractivity contribution < 1.29 is 0 Å². The van der Waals surface area contributed by atoms with Crippen molar-refractivity contribution in [2.75, 3.05) is 20.1 Å². The molecule has 1 saturated carbocycles. The molecule has 1 fully saturated rings. The van der Waals surface area contributed by atoms with Crippen molar-refractivity contribution in [3.63, 3.8) is 0 Å². The first-order valence-electron chi connectivity index (χ1n) is 11.2. The number of likely N-dealkylation sites (N-methyl/N-ethyl adjacent to an activating group) is 1. The van der Waals surface area contributed by atoms with Crippen molar-refractivity contribution in [3.8, 4) is 0 Å². The van der Waals surface area contributed by atoms with Crippen molar-refractivity contribution in [2.24, 2.45) is 5.73 Å². The first-order valence-corrected chi connectivity index (χ1v) is 11.2. The minimum Gasteiger partial charge on any atom is -0.330 e. The van der Waals surface area contributed by atoms with E-state index in [1.165, 1.54) is 29.5 Å². The van der Waals surface area contributed by atoms with E-state index in [0.29, 0.717) is 0 Å². The van der Waals surface area contributed by atoms with Crippen LogP contribution in [0.5, 0.6) is 0 Å². The molecule has 0 saturated heterocycles. The summed E-state index contributed by atoms with van der Waals surface area (Å²) in [5, 5.41) is 0. The van der Waals surface area contributed by atoms with E-state index in [1.54, 1.807) is 0 Å². The molecule has 2 nitrogen and oxygen atoms in total. The highest BCUT2D eigenvalue weighted by Crippen LogP contribution is 2.48. The van der Waals surface area contributed by atoms with E-state index >= 15 is 0 Å². The second kappa shape index (κ2) is 9.16. The molecule has 0 aliphatic heterocycles. The van der Waals surface area contributed by atoms with Gasteiger partial charge in [-0.05, 0) is 49.4 Å².